The van der Waals surface area contributed by atoms with Gasteiger partial charge in [-0.2, -0.15) is 0 Å². The van der Waals surface area contributed by atoms with Gasteiger partial charge in [0.15, 0.2) is 0 Å². The molecule has 0 saturated carbocycles. The molecule has 156 valence electrons. The summed E-state index contributed by atoms with van der Waals surface area (Å²) in [7, 11) is 0. The zero-order valence-corrected chi connectivity index (χ0v) is 17.2. The molecule has 2 amide bonds. The van der Waals surface area contributed by atoms with Crippen molar-refractivity contribution in [1.29, 1.82) is 0 Å². The number of anilines is 3. The van der Waals surface area contributed by atoms with E-state index >= 15 is 0 Å². The van der Waals surface area contributed by atoms with E-state index in [-0.39, 0.29) is 18.4 Å². The summed E-state index contributed by atoms with van der Waals surface area (Å²) in [6, 6.07) is 12.8. The van der Waals surface area contributed by atoms with Gasteiger partial charge in [-0.05, 0) is 43.7 Å². The molecule has 0 bridgehead atoms. The van der Waals surface area contributed by atoms with Crippen molar-refractivity contribution < 1.29 is 19.1 Å². The number of para-hydroxylation sites is 2. The number of ether oxygens (including phenoxy) is 2. The molecule has 7 heteroatoms. The lowest BCUT2D eigenvalue weighted by molar-refractivity contribution is -0.116. The second-order valence-corrected chi connectivity index (χ2v) is 6.32. The van der Waals surface area contributed by atoms with Gasteiger partial charge in [0.1, 0.15) is 12.4 Å². The van der Waals surface area contributed by atoms with Crippen LogP contribution < -0.4 is 20.7 Å². The number of amides is 2. The Bertz CT molecular complexity index is 823. The van der Waals surface area contributed by atoms with Crippen LogP contribution in [0.3, 0.4) is 0 Å². The molecule has 0 aliphatic rings. The van der Waals surface area contributed by atoms with Crippen LogP contribution in [0.5, 0.6) is 5.75 Å². The molecule has 2 aromatic carbocycles. The summed E-state index contributed by atoms with van der Waals surface area (Å²) in [5, 5.41) is 8.84. The number of hydrogen-bond donors (Lipinski definition) is 3. The predicted molar refractivity (Wildman–Crippen MR) is 116 cm³/mol. The third-order valence-corrected chi connectivity index (χ3v) is 4.22. The molecule has 0 heterocycles. The van der Waals surface area contributed by atoms with Crippen molar-refractivity contribution in [3.63, 3.8) is 0 Å². The van der Waals surface area contributed by atoms with Crippen molar-refractivity contribution in [2.75, 3.05) is 42.3 Å². The monoisotopic (exact) mass is 399 g/mol. The number of nitrogens with one attached hydrogen (secondary N) is 3. The van der Waals surface area contributed by atoms with E-state index < -0.39 is 0 Å². The van der Waals surface area contributed by atoms with Gasteiger partial charge in [0.2, 0.25) is 11.8 Å². The highest BCUT2D eigenvalue weighted by atomic mass is 16.5. The van der Waals surface area contributed by atoms with Crippen LogP contribution in [0.2, 0.25) is 0 Å². The van der Waals surface area contributed by atoms with E-state index in [9.17, 15) is 9.59 Å². The molecule has 0 radical (unpaired) electrons. The smallest absolute Gasteiger partial charge is 0.243 e. The van der Waals surface area contributed by atoms with E-state index in [1.807, 2.05) is 44.2 Å². The quantitative estimate of drug-likeness (QED) is 0.500. The Balaban J connectivity index is 1.94. The van der Waals surface area contributed by atoms with Crippen LogP contribution in [-0.4, -0.2) is 38.2 Å². The third kappa shape index (κ3) is 7.12. The van der Waals surface area contributed by atoms with Crippen LogP contribution >= 0.6 is 0 Å². The minimum absolute atomic E-state index is 0.0519. The first-order chi connectivity index (χ1) is 14.0. The number of carbonyl (C=O) groups excluding carboxylic acids is 2. The molecule has 2 aromatic rings. The van der Waals surface area contributed by atoms with Crippen LogP contribution in [0, 0.1) is 6.92 Å². The fraction of sp³-hybridized carbons (Fsp3) is 0.364. The molecule has 0 aliphatic heterocycles. The zero-order chi connectivity index (χ0) is 21.1. The Hall–Kier alpha value is -3.06. The maximum absolute atomic E-state index is 12.4. The van der Waals surface area contributed by atoms with Gasteiger partial charge in [-0.25, -0.2) is 0 Å². The minimum atomic E-state index is -0.201. The molecule has 0 aliphatic carbocycles. The van der Waals surface area contributed by atoms with Crippen molar-refractivity contribution in [2.24, 2.45) is 0 Å². The number of benzene rings is 2. The first-order valence-corrected chi connectivity index (χ1v) is 9.77. The van der Waals surface area contributed by atoms with E-state index in [4.69, 9.17) is 9.47 Å². The zero-order valence-electron chi connectivity index (χ0n) is 17.2. The summed E-state index contributed by atoms with van der Waals surface area (Å²) in [5.41, 5.74) is 3.00. The Kier molecular flexibility index (Phi) is 8.98. The normalized spacial score (nSPS) is 10.3. The van der Waals surface area contributed by atoms with Crippen LogP contribution in [0.15, 0.2) is 42.5 Å². The lowest BCUT2D eigenvalue weighted by Crippen LogP contribution is -2.22. The van der Waals surface area contributed by atoms with E-state index in [2.05, 4.69) is 16.0 Å². The SMILES string of the molecule is CCOCCOc1ccccc1NC(=O)CNc1cccc(NC(=O)CC)c1C. The average molecular weight is 399 g/mol. The average Bonchev–Trinajstić information content (AvgIpc) is 2.72. The van der Waals surface area contributed by atoms with Gasteiger partial charge in [0.25, 0.3) is 0 Å². The molecule has 0 unspecified atom stereocenters. The first-order valence-electron chi connectivity index (χ1n) is 9.77. The number of hydrogen-bond acceptors (Lipinski definition) is 5. The van der Waals surface area contributed by atoms with Gasteiger partial charge in [-0.15, -0.1) is 0 Å². The van der Waals surface area contributed by atoms with E-state index in [1.54, 1.807) is 19.1 Å². The van der Waals surface area contributed by atoms with Crippen molar-refractivity contribution in [3.05, 3.63) is 48.0 Å². The van der Waals surface area contributed by atoms with Crippen molar-refractivity contribution in [1.82, 2.24) is 0 Å². The van der Waals surface area contributed by atoms with Crippen molar-refractivity contribution in [3.8, 4) is 5.75 Å². The maximum Gasteiger partial charge on any atom is 0.243 e. The molecular weight excluding hydrogens is 370 g/mol. The lowest BCUT2D eigenvalue weighted by atomic mass is 10.1. The molecule has 0 atom stereocenters. The second kappa shape index (κ2) is 11.7. The van der Waals surface area contributed by atoms with Gasteiger partial charge >= 0.3 is 0 Å². The minimum Gasteiger partial charge on any atom is -0.489 e. The van der Waals surface area contributed by atoms with Crippen molar-refractivity contribution >= 4 is 28.9 Å². The summed E-state index contributed by atoms with van der Waals surface area (Å²) in [4.78, 5) is 24.1. The Morgan fingerprint density at radius 2 is 1.55 bits per heavy atom. The first kappa shape index (κ1) is 22.2. The molecule has 0 fully saturated rings. The Morgan fingerprint density at radius 3 is 2.31 bits per heavy atom. The topological polar surface area (TPSA) is 88.7 Å². The van der Waals surface area contributed by atoms with Gasteiger partial charge in [0.05, 0.1) is 18.8 Å². The highest BCUT2D eigenvalue weighted by Crippen LogP contribution is 2.25. The summed E-state index contributed by atoms with van der Waals surface area (Å²) in [5.74, 6) is 0.346. The largest absolute Gasteiger partial charge is 0.489 e. The summed E-state index contributed by atoms with van der Waals surface area (Å²) in [6.07, 6.45) is 0.408. The van der Waals surface area contributed by atoms with E-state index in [1.165, 1.54) is 0 Å². The predicted octanol–water partition coefficient (Wildman–Crippen LogP) is 3.81. The number of rotatable bonds is 11. The van der Waals surface area contributed by atoms with Gasteiger partial charge in [-0.3, -0.25) is 9.59 Å². The third-order valence-electron chi connectivity index (χ3n) is 4.22. The van der Waals surface area contributed by atoms with Crippen LogP contribution in [-0.2, 0) is 14.3 Å². The fourth-order valence-corrected chi connectivity index (χ4v) is 2.62. The molecule has 0 spiro atoms. The van der Waals surface area contributed by atoms with Gasteiger partial charge < -0.3 is 25.4 Å². The Labute approximate surface area is 171 Å². The van der Waals surface area contributed by atoms with Crippen molar-refractivity contribution in [2.45, 2.75) is 27.2 Å². The molecule has 29 heavy (non-hydrogen) atoms. The van der Waals surface area contributed by atoms with Gasteiger partial charge in [0, 0.05) is 24.4 Å². The van der Waals surface area contributed by atoms with E-state index in [0.29, 0.717) is 37.7 Å². The molecule has 7 nitrogen and oxygen atoms in total. The molecular formula is C22H29N3O4. The molecule has 0 aromatic heterocycles. The molecule has 3 N–H and O–H groups in total. The second-order valence-electron chi connectivity index (χ2n) is 6.32. The summed E-state index contributed by atoms with van der Waals surface area (Å²) in [6.45, 7) is 7.24. The summed E-state index contributed by atoms with van der Waals surface area (Å²) >= 11 is 0. The summed E-state index contributed by atoms with van der Waals surface area (Å²) < 4.78 is 11.0. The fourth-order valence-electron chi connectivity index (χ4n) is 2.62. The highest BCUT2D eigenvalue weighted by Gasteiger charge is 2.10. The van der Waals surface area contributed by atoms with Crippen LogP contribution in [0.4, 0.5) is 17.1 Å². The maximum atomic E-state index is 12.4. The Morgan fingerprint density at radius 1 is 0.862 bits per heavy atom. The molecule has 0 saturated heterocycles. The van der Waals surface area contributed by atoms with Crippen LogP contribution in [0.1, 0.15) is 25.8 Å². The highest BCUT2D eigenvalue weighted by molar-refractivity contribution is 5.96. The van der Waals surface area contributed by atoms with E-state index in [0.717, 1.165) is 16.9 Å². The molecule has 2 rings (SSSR count). The lowest BCUT2D eigenvalue weighted by Gasteiger charge is -2.15. The number of carbonyl (C=O) groups is 2. The standard InChI is InChI=1S/C22H29N3O4/c1-4-21(26)24-18-11-8-10-17(16(18)3)23-15-22(27)25-19-9-6-7-12-20(19)29-14-13-28-5-2/h6-12,23H,4-5,13-15H2,1-3H3,(H,24,26)(H,25,27). The van der Waals surface area contributed by atoms with Crippen LogP contribution in [0.25, 0.3) is 0 Å². The van der Waals surface area contributed by atoms with Gasteiger partial charge in [-0.1, -0.05) is 25.1 Å².